The van der Waals surface area contributed by atoms with Crippen LogP contribution in [0.25, 0.3) is 0 Å². The Kier molecular flexibility index (Phi) is 5.51. The van der Waals surface area contributed by atoms with Crippen molar-refractivity contribution in [3.8, 4) is 0 Å². The summed E-state index contributed by atoms with van der Waals surface area (Å²) in [5.74, 6) is 0.848. The summed E-state index contributed by atoms with van der Waals surface area (Å²) in [7, 11) is 0. The van der Waals surface area contributed by atoms with Crippen LogP contribution in [0, 0.1) is 5.92 Å². The first-order chi connectivity index (χ1) is 8.31. The molecule has 1 unspecified atom stereocenters. The van der Waals surface area contributed by atoms with Gasteiger partial charge in [-0.3, -0.25) is 0 Å². The van der Waals surface area contributed by atoms with E-state index in [2.05, 4.69) is 39.6 Å². The molecule has 1 N–H and O–H groups in total. The summed E-state index contributed by atoms with van der Waals surface area (Å²) in [6.45, 7) is 3.38. The van der Waals surface area contributed by atoms with Gasteiger partial charge in [0.1, 0.15) is 0 Å². The standard InChI is InChI=1S/C14H22BrNS/c1-2-8-16-14(11-6-4-3-5-7-11)13-9-12(15)10-17-13/h9-11,14,16H,2-8H2,1H3. The molecule has 1 atom stereocenters. The first-order valence-corrected chi connectivity index (χ1v) is 8.46. The zero-order valence-corrected chi connectivity index (χ0v) is 12.9. The molecule has 0 aliphatic heterocycles. The van der Waals surface area contributed by atoms with Gasteiger partial charge < -0.3 is 5.32 Å². The molecule has 1 heterocycles. The SMILES string of the molecule is CCCNC(c1cc(Br)cs1)C1CCCCC1. The Morgan fingerprint density at radius 3 is 2.76 bits per heavy atom. The van der Waals surface area contributed by atoms with Gasteiger partial charge in [0.2, 0.25) is 0 Å². The van der Waals surface area contributed by atoms with Crippen LogP contribution in [0.2, 0.25) is 0 Å². The van der Waals surface area contributed by atoms with Crippen molar-refractivity contribution in [2.24, 2.45) is 5.92 Å². The van der Waals surface area contributed by atoms with Crippen molar-refractivity contribution in [2.45, 2.75) is 51.5 Å². The minimum Gasteiger partial charge on any atom is -0.309 e. The highest BCUT2D eigenvalue weighted by Gasteiger charge is 2.25. The van der Waals surface area contributed by atoms with Crippen molar-refractivity contribution in [3.63, 3.8) is 0 Å². The quantitative estimate of drug-likeness (QED) is 0.794. The Morgan fingerprint density at radius 2 is 2.18 bits per heavy atom. The first kappa shape index (κ1) is 13.6. The van der Waals surface area contributed by atoms with Crippen LogP contribution in [0.15, 0.2) is 15.9 Å². The van der Waals surface area contributed by atoms with Crippen LogP contribution in [-0.2, 0) is 0 Å². The van der Waals surface area contributed by atoms with Crippen LogP contribution >= 0.6 is 27.3 Å². The zero-order chi connectivity index (χ0) is 12.1. The molecule has 0 radical (unpaired) electrons. The lowest BCUT2D eigenvalue weighted by molar-refractivity contribution is 0.275. The van der Waals surface area contributed by atoms with E-state index in [1.807, 2.05) is 11.3 Å². The molecule has 0 saturated heterocycles. The summed E-state index contributed by atoms with van der Waals surface area (Å²) < 4.78 is 1.23. The summed E-state index contributed by atoms with van der Waals surface area (Å²) >= 11 is 5.47. The van der Waals surface area contributed by atoms with Crippen molar-refractivity contribution in [1.29, 1.82) is 0 Å². The predicted molar refractivity (Wildman–Crippen MR) is 79.6 cm³/mol. The van der Waals surface area contributed by atoms with E-state index in [-0.39, 0.29) is 0 Å². The third-order valence-electron chi connectivity index (χ3n) is 3.63. The van der Waals surface area contributed by atoms with Gasteiger partial charge in [-0.2, -0.15) is 0 Å². The molecule has 17 heavy (non-hydrogen) atoms. The van der Waals surface area contributed by atoms with Crippen molar-refractivity contribution in [1.82, 2.24) is 5.32 Å². The van der Waals surface area contributed by atoms with Crippen LogP contribution < -0.4 is 5.32 Å². The summed E-state index contributed by atoms with van der Waals surface area (Å²) in [6.07, 6.45) is 8.29. The van der Waals surface area contributed by atoms with E-state index in [4.69, 9.17) is 0 Å². The second-order valence-electron chi connectivity index (χ2n) is 5.00. The van der Waals surface area contributed by atoms with E-state index < -0.39 is 0 Å². The molecule has 1 saturated carbocycles. The maximum absolute atomic E-state index is 3.76. The number of nitrogens with one attached hydrogen (secondary N) is 1. The summed E-state index contributed by atoms with van der Waals surface area (Å²) in [5.41, 5.74) is 0. The first-order valence-electron chi connectivity index (χ1n) is 6.78. The number of hydrogen-bond acceptors (Lipinski definition) is 2. The molecule has 1 nitrogen and oxygen atoms in total. The van der Waals surface area contributed by atoms with Gasteiger partial charge in [0.15, 0.2) is 0 Å². The molecule has 0 spiro atoms. The van der Waals surface area contributed by atoms with Crippen LogP contribution in [0.1, 0.15) is 56.4 Å². The summed E-state index contributed by atoms with van der Waals surface area (Å²) in [5, 5.41) is 5.97. The van der Waals surface area contributed by atoms with Gasteiger partial charge in [0, 0.05) is 20.8 Å². The van der Waals surface area contributed by atoms with Gasteiger partial charge >= 0.3 is 0 Å². The maximum Gasteiger partial charge on any atom is 0.0443 e. The van der Waals surface area contributed by atoms with Crippen molar-refractivity contribution >= 4 is 27.3 Å². The Hall–Kier alpha value is 0.140. The monoisotopic (exact) mass is 315 g/mol. The van der Waals surface area contributed by atoms with Gasteiger partial charge in [-0.05, 0) is 53.7 Å². The smallest absolute Gasteiger partial charge is 0.0443 e. The largest absolute Gasteiger partial charge is 0.309 e. The van der Waals surface area contributed by atoms with Gasteiger partial charge in [-0.15, -0.1) is 11.3 Å². The normalized spacial score (nSPS) is 19.4. The molecule has 1 aromatic rings. The Bertz CT molecular complexity index is 331. The third-order valence-corrected chi connectivity index (χ3v) is 5.41. The number of hydrogen-bond donors (Lipinski definition) is 1. The van der Waals surface area contributed by atoms with Gasteiger partial charge in [-0.25, -0.2) is 0 Å². The average Bonchev–Trinajstić information content (AvgIpc) is 2.78. The minimum absolute atomic E-state index is 0.589. The highest BCUT2D eigenvalue weighted by Crippen LogP contribution is 2.37. The molecule has 0 amide bonds. The predicted octanol–water partition coefficient (Wildman–Crippen LogP) is 5.13. The molecular formula is C14H22BrNS. The lowest BCUT2D eigenvalue weighted by Crippen LogP contribution is -2.29. The van der Waals surface area contributed by atoms with Crippen LogP contribution in [0.4, 0.5) is 0 Å². The molecule has 96 valence electrons. The van der Waals surface area contributed by atoms with Crippen LogP contribution in [-0.4, -0.2) is 6.54 Å². The molecule has 1 aliphatic carbocycles. The highest BCUT2D eigenvalue weighted by atomic mass is 79.9. The van der Waals surface area contributed by atoms with Gasteiger partial charge in [0.05, 0.1) is 0 Å². The molecule has 1 aliphatic rings. The molecule has 0 aromatic carbocycles. The molecule has 3 heteroatoms. The second-order valence-corrected chi connectivity index (χ2v) is 6.86. The van der Waals surface area contributed by atoms with Crippen molar-refractivity contribution in [2.75, 3.05) is 6.54 Å². The Balaban J connectivity index is 2.06. The van der Waals surface area contributed by atoms with Crippen LogP contribution in [0.5, 0.6) is 0 Å². The lowest BCUT2D eigenvalue weighted by atomic mass is 9.83. The minimum atomic E-state index is 0.589. The topological polar surface area (TPSA) is 12.0 Å². The number of halogens is 1. The Morgan fingerprint density at radius 1 is 1.41 bits per heavy atom. The molecular weight excluding hydrogens is 294 g/mol. The van der Waals surface area contributed by atoms with Gasteiger partial charge in [0.25, 0.3) is 0 Å². The number of thiophene rings is 1. The second kappa shape index (κ2) is 6.91. The molecule has 1 aromatic heterocycles. The van der Waals surface area contributed by atoms with E-state index in [1.54, 1.807) is 0 Å². The summed E-state index contributed by atoms with van der Waals surface area (Å²) in [6, 6.07) is 2.89. The van der Waals surface area contributed by atoms with Crippen molar-refractivity contribution < 1.29 is 0 Å². The third kappa shape index (κ3) is 3.80. The van der Waals surface area contributed by atoms with E-state index >= 15 is 0 Å². The fourth-order valence-corrected chi connectivity index (χ4v) is 4.37. The van der Waals surface area contributed by atoms with E-state index in [9.17, 15) is 0 Å². The lowest BCUT2D eigenvalue weighted by Gasteiger charge is -2.30. The van der Waals surface area contributed by atoms with Crippen molar-refractivity contribution in [3.05, 3.63) is 20.8 Å². The van der Waals surface area contributed by atoms with Gasteiger partial charge in [-0.1, -0.05) is 26.2 Å². The van der Waals surface area contributed by atoms with E-state index in [1.165, 1.54) is 47.9 Å². The molecule has 2 rings (SSSR count). The van der Waals surface area contributed by atoms with Crippen LogP contribution in [0.3, 0.4) is 0 Å². The average molecular weight is 316 g/mol. The van der Waals surface area contributed by atoms with E-state index in [0.29, 0.717) is 6.04 Å². The summed E-state index contributed by atoms with van der Waals surface area (Å²) in [4.78, 5) is 1.51. The fraction of sp³-hybridized carbons (Fsp3) is 0.714. The maximum atomic E-state index is 3.76. The molecule has 1 fully saturated rings. The fourth-order valence-electron chi connectivity index (χ4n) is 2.76. The Labute approximate surface area is 117 Å². The van der Waals surface area contributed by atoms with E-state index in [0.717, 1.165) is 12.5 Å². The zero-order valence-electron chi connectivity index (χ0n) is 10.5. The molecule has 0 bridgehead atoms. The highest BCUT2D eigenvalue weighted by molar-refractivity contribution is 9.10. The number of rotatable bonds is 5.